The third kappa shape index (κ3) is 3.32. The molecule has 3 N–H and O–H groups in total. The smallest absolute Gasteiger partial charge is 0.154 e. The van der Waals surface area contributed by atoms with Crippen molar-refractivity contribution < 1.29 is 5.11 Å². The molecule has 136 valence electrons. The molecule has 27 heavy (non-hydrogen) atoms. The highest BCUT2D eigenvalue weighted by atomic mass is 16.3. The Bertz CT molecular complexity index is 1090. The van der Waals surface area contributed by atoms with Gasteiger partial charge >= 0.3 is 0 Å². The highest BCUT2D eigenvalue weighted by Crippen LogP contribution is 2.25. The lowest BCUT2D eigenvalue weighted by Gasteiger charge is -2.10. The number of benzene rings is 1. The molecular weight excluding hydrogens is 338 g/mol. The first-order valence-electron chi connectivity index (χ1n) is 8.97. The highest BCUT2D eigenvalue weighted by Gasteiger charge is 2.11. The summed E-state index contributed by atoms with van der Waals surface area (Å²) in [4.78, 5) is 9.18. The first kappa shape index (κ1) is 17.3. The third-order valence-corrected chi connectivity index (χ3v) is 4.63. The molecule has 0 radical (unpaired) electrons. The molecule has 4 rings (SSSR count). The van der Waals surface area contributed by atoms with E-state index in [1.165, 1.54) is 0 Å². The van der Waals surface area contributed by atoms with Crippen molar-refractivity contribution in [1.82, 2.24) is 19.7 Å². The fourth-order valence-corrected chi connectivity index (χ4v) is 3.06. The number of rotatable bonds is 5. The van der Waals surface area contributed by atoms with E-state index < -0.39 is 0 Å². The van der Waals surface area contributed by atoms with Crippen molar-refractivity contribution in [1.29, 1.82) is 0 Å². The van der Waals surface area contributed by atoms with E-state index in [2.05, 4.69) is 23.1 Å². The minimum Gasteiger partial charge on any atom is -0.390 e. The summed E-state index contributed by atoms with van der Waals surface area (Å²) in [7, 11) is 0. The first-order chi connectivity index (χ1) is 13.2. The molecule has 6 nitrogen and oxygen atoms in total. The standard InChI is InChI=1S/C21H21N5O/c1-2-17(22)19-7-4-6-18(25-19)14-9-10-15-12-23-26(20(15)11-14)21-8-3-5-16(13-27)24-21/h3-12,17,27H,2,13,22H2,1H3/t17-/m0/s1. The van der Waals surface area contributed by atoms with Crippen molar-refractivity contribution >= 4 is 10.9 Å². The minimum atomic E-state index is -0.104. The average Bonchev–Trinajstić information content (AvgIpc) is 3.16. The van der Waals surface area contributed by atoms with Gasteiger partial charge in [-0.1, -0.05) is 31.2 Å². The number of hydrogen-bond donors (Lipinski definition) is 2. The Morgan fingerprint density at radius 1 is 1.07 bits per heavy atom. The fourth-order valence-electron chi connectivity index (χ4n) is 3.06. The summed E-state index contributed by atoms with van der Waals surface area (Å²) in [5.74, 6) is 0.670. The minimum absolute atomic E-state index is 0.0652. The van der Waals surface area contributed by atoms with Crippen LogP contribution in [0.3, 0.4) is 0 Å². The van der Waals surface area contributed by atoms with E-state index in [1.807, 2.05) is 48.7 Å². The maximum Gasteiger partial charge on any atom is 0.154 e. The Morgan fingerprint density at radius 2 is 1.93 bits per heavy atom. The highest BCUT2D eigenvalue weighted by molar-refractivity contribution is 5.84. The van der Waals surface area contributed by atoms with Gasteiger partial charge < -0.3 is 10.8 Å². The largest absolute Gasteiger partial charge is 0.390 e. The quantitative estimate of drug-likeness (QED) is 0.570. The molecule has 6 heteroatoms. The molecule has 0 saturated heterocycles. The molecule has 0 amide bonds. The van der Waals surface area contributed by atoms with E-state index in [-0.39, 0.29) is 12.6 Å². The van der Waals surface area contributed by atoms with Gasteiger partial charge in [0.25, 0.3) is 0 Å². The zero-order valence-electron chi connectivity index (χ0n) is 15.1. The fraction of sp³-hybridized carbons (Fsp3) is 0.190. The van der Waals surface area contributed by atoms with E-state index in [0.29, 0.717) is 11.5 Å². The summed E-state index contributed by atoms with van der Waals surface area (Å²) in [5, 5.41) is 14.8. The molecule has 0 unspecified atom stereocenters. The summed E-state index contributed by atoms with van der Waals surface area (Å²) >= 11 is 0. The molecule has 0 saturated carbocycles. The predicted octanol–water partition coefficient (Wildman–Crippen LogP) is 3.38. The van der Waals surface area contributed by atoms with Gasteiger partial charge in [0.1, 0.15) is 0 Å². The van der Waals surface area contributed by atoms with Crippen molar-refractivity contribution in [2.24, 2.45) is 5.73 Å². The van der Waals surface area contributed by atoms with Crippen LogP contribution in [-0.2, 0) is 6.61 Å². The van der Waals surface area contributed by atoms with E-state index in [4.69, 9.17) is 10.7 Å². The van der Waals surface area contributed by atoms with Crippen LogP contribution in [0.1, 0.15) is 30.8 Å². The van der Waals surface area contributed by atoms with Crippen LogP contribution in [-0.4, -0.2) is 24.9 Å². The second kappa shape index (κ2) is 7.26. The molecule has 4 aromatic rings. The molecular formula is C21H21N5O. The number of aliphatic hydroxyl groups is 1. The maximum absolute atomic E-state index is 9.35. The van der Waals surface area contributed by atoms with Gasteiger partial charge in [-0.2, -0.15) is 5.10 Å². The van der Waals surface area contributed by atoms with Gasteiger partial charge in [-0.25, -0.2) is 9.67 Å². The summed E-state index contributed by atoms with van der Waals surface area (Å²) in [5.41, 5.74) is 10.4. The molecule has 0 aliphatic rings. The molecule has 0 fully saturated rings. The number of pyridine rings is 2. The van der Waals surface area contributed by atoms with Crippen LogP contribution in [0, 0.1) is 0 Å². The third-order valence-electron chi connectivity index (χ3n) is 4.63. The number of nitrogens with two attached hydrogens (primary N) is 1. The maximum atomic E-state index is 9.35. The van der Waals surface area contributed by atoms with Crippen LogP contribution in [0.2, 0.25) is 0 Å². The summed E-state index contributed by atoms with van der Waals surface area (Å²) in [6.45, 7) is 1.95. The summed E-state index contributed by atoms with van der Waals surface area (Å²) < 4.78 is 1.78. The van der Waals surface area contributed by atoms with E-state index in [9.17, 15) is 5.11 Å². The lowest BCUT2D eigenvalue weighted by atomic mass is 10.1. The van der Waals surface area contributed by atoms with E-state index >= 15 is 0 Å². The topological polar surface area (TPSA) is 89.8 Å². The number of aromatic nitrogens is 4. The van der Waals surface area contributed by atoms with Crippen molar-refractivity contribution in [3.05, 3.63) is 72.2 Å². The average molecular weight is 359 g/mol. The monoisotopic (exact) mass is 359 g/mol. The lowest BCUT2D eigenvalue weighted by molar-refractivity contribution is 0.276. The molecule has 0 aliphatic carbocycles. The summed E-state index contributed by atoms with van der Waals surface area (Å²) in [6.07, 6.45) is 2.65. The molecule has 0 spiro atoms. The Hall–Kier alpha value is -3.09. The van der Waals surface area contributed by atoms with Crippen LogP contribution in [0.15, 0.2) is 60.8 Å². The Kier molecular flexibility index (Phi) is 4.66. The zero-order valence-corrected chi connectivity index (χ0v) is 15.1. The Morgan fingerprint density at radius 3 is 2.74 bits per heavy atom. The lowest BCUT2D eigenvalue weighted by Crippen LogP contribution is -2.10. The van der Waals surface area contributed by atoms with Crippen LogP contribution < -0.4 is 5.73 Å². The number of aliphatic hydroxyl groups excluding tert-OH is 1. The van der Waals surface area contributed by atoms with Gasteiger partial charge in [0.15, 0.2) is 5.82 Å². The summed E-state index contributed by atoms with van der Waals surface area (Å²) in [6, 6.07) is 17.5. The second-order valence-corrected chi connectivity index (χ2v) is 6.44. The van der Waals surface area contributed by atoms with Crippen molar-refractivity contribution in [3.8, 4) is 17.1 Å². The molecule has 1 atom stereocenters. The van der Waals surface area contributed by atoms with E-state index in [1.54, 1.807) is 10.7 Å². The zero-order chi connectivity index (χ0) is 18.8. The van der Waals surface area contributed by atoms with Crippen LogP contribution in [0.25, 0.3) is 28.0 Å². The van der Waals surface area contributed by atoms with Crippen LogP contribution in [0.5, 0.6) is 0 Å². The normalized spacial score (nSPS) is 12.4. The van der Waals surface area contributed by atoms with Gasteiger partial charge in [-0.05, 0) is 36.8 Å². The van der Waals surface area contributed by atoms with Crippen molar-refractivity contribution in [2.45, 2.75) is 26.0 Å². The molecule has 3 heterocycles. The van der Waals surface area contributed by atoms with Gasteiger partial charge in [0.2, 0.25) is 0 Å². The van der Waals surface area contributed by atoms with Crippen molar-refractivity contribution in [2.75, 3.05) is 0 Å². The van der Waals surface area contributed by atoms with Crippen molar-refractivity contribution in [3.63, 3.8) is 0 Å². The Balaban J connectivity index is 1.80. The van der Waals surface area contributed by atoms with Gasteiger partial charge in [0.05, 0.1) is 35.4 Å². The molecule has 1 aromatic carbocycles. The SMILES string of the molecule is CC[C@H](N)c1cccc(-c2ccc3cnn(-c4cccc(CO)n4)c3c2)n1. The first-order valence-corrected chi connectivity index (χ1v) is 8.97. The number of fused-ring (bicyclic) bond motifs is 1. The van der Waals surface area contributed by atoms with E-state index in [0.717, 1.165) is 34.3 Å². The predicted molar refractivity (Wildman–Crippen MR) is 105 cm³/mol. The van der Waals surface area contributed by atoms with Gasteiger partial charge in [-0.15, -0.1) is 0 Å². The Labute approximate surface area is 157 Å². The molecule has 3 aromatic heterocycles. The van der Waals surface area contributed by atoms with Crippen LogP contribution >= 0.6 is 0 Å². The molecule has 0 aliphatic heterocycles. The number of hydrogen-bond acceptors (Lipinski definition) is 5. The second-order valence-electron chi connectivity index (χ2n) is 6.44. The molecule has 0 bridgehead atoms. The van der Waals surface area contributed by atoms with Crippen LogP contribution in [0.4, 0.5) is 0 Å². The van der Waals surface area contributed by atoms with Gasteiger partial charge in [0, 0.05) is 17.0 Å². The van der Waals surface area contributed by atoms with Gasteiger partial charge in [-0.3, -0.25) is 4.98 Å². The number of nitrogens with zero attached hydrogens (tertiary/aromatic N) is 4.